The fourth-order valence-corrected chi connectivity index (χ4v) is 4.60. The number of carbonyl (C=O) groups is 3. The Bertz CT molecular complexity index is 674. The van der Waals surface area contributed by atoms with E-state index in [0.717, 1.165) is 10.5 Å². The normalized spacial score (nSPS) is 23.9. The Morgan fingerprint density at radius 2 is 2.27 bits per heavy atom. The lowest BCUT2D eigenvalue weighted by Crippen LogP contribution is -2.70. The molecule has 22 heavy (non-hydrogen) atoms. The van der Waals surface area contributed by atoms with Crippen molar-refractivity contribution in [1.29, 1.82) is 0 Å². The van der Waals surface area contributed by atoms with Gasteiger partial charge in [0.1, 0.15) is 17.1 Å². The van der Waals surface area contributed by atoms with Crippen LogP contribution in [0.2, 0.25) is 0 Å². The Hall–Kier alpha value is -1.51. The molecule has 2 atom stereocenters. The van der Waals surface area contributed by atoms with Gasteiger partial charge < -0.3 is 10.4 Å². The molecule has 0 radical (unpaired) electrons. The highest BCUT2D eigenvalue weighted by atomic mass is 35.5. The average molecular weight is 359 g/mol. The molecule has 6 nitrogen and oxygen atoms in total. The van der Waals surface area contributed by atoms with E-state index in [9.17, 15) is 14.4 Å². The number of hydrogen-bond donors (Lipinski definition) is 2. The number of halogens is 1. The summed E-state index contributed by atoms with van der Waals surface area (Å²) in [5, 5.41) is 15.3. The predicted octanol–water partition coefficient (Wildman–Crippen LogP) is 1.23. The summed E-state index contributed by atoms with van der Waals surface area (Å²) < 4.78 is 0. The zero-order valence-electron chi connectivity index (χ0n) is 11.1. The van der Waals surface area contributed by atoms with Gasteiger partial charge in [0.25, 0.3) is 5.91 Å². The maximum absolute atomic E-state index is 12.1. The second-order valence-corrected chi connectivity index (χ2v) is 7.16. The number of carbonyl (C=O) groups excluding carboxylic acids is 2. The summed E-state index contributed by atoms with van der Waals surface area (Å²) >= 11 is 8.72. The molecule has 1 aromatic rings. The molecule has 116 valence electrons. The first kappa shape index (κ1) is 15.4. The first-order valence-electron chi connectivity index (χ1n) is 6.36. The van der Waals surface area contributed by atoms with Crippen LogP contribution in [0.4, 0.5) is 0 Å². The number of thiophene rings is 1. The summed E-state index contributed by atoms with van der Waals surface area (Å²) in [7, 11) is 0. The third-order valence-electron chi connectivity index (χ3n) is 3.39. The molecule has 2 aliphatic rings. The second kappa shape index (κ2) is 5.94. The monoisotopic (exact) mass is 358 g/mol. The van der Waals surface area contributed by atoms with E-state index in [4.69, 9.17) is 16.7 Å². The maximum Gasteiger partial charge on any atom is 0.353 e. The molecule has 0 aromatic carbocycles. The van der Waals surface area contributed by atoms with E-state index >= 15 is 0 Å². The molecule has 0 aliphatic carbocycles. The van der Waals surface area contributed by atoms with Gasteiger partial charge >= 0.3 is 5.97 Å². The SMILES string of the molecule is O=C(Cc1ccsc1)N[C@@H]1C(=O)N2C(C(=O)O)=C(Cl)CS[C@H]12. The van der Waals surface area contributed by atoms with Gasteiger partial charge in [-0.25, -0.2) is 4.79 Å². The van der Waals surface area contributed by atoms with Gasteiger partial charge in [-0.1, -0.05) is 11.6 Å². The minimum Gasteiger partial charge on any atom is -0.477 e. The van der Waals surface area contributed by atoms with Gasteiger partial charge in [0, 0.05) is 5.75 Å². The Morgan fingerprint density at radius 1 is 1.50 bits per heavy atom. The van der Waals surface area contributed by atoms with Crippen LogP contribution in [0.25, 0.3) is 0 Å². The molecule has 0 bridgehead atoms. The van der Waals surface area contributed by atoms with Crippen LogP contribution in [-0.4, -0.2) is 45.0 Å². The summed E-state index contributed by atoms with van der Waals surface area (Å²) in [4.78, 5) is 36.5. The lowest BCUT2D eigenvalue weighted by atomic mass is 10.0. The highest BCUT2D eigenvalue weighted by molar-refractivity contribution is 8.00. The van der Waals surface area contributed by atoms with Crippen molar-refractivity contribution in [2.45, 2.75) is 17.8 Å². The third-order valence-corrected chi connectivity index (χ3v) is 5.87. The van der Waals surface area contributed by atoms with E-state index in [1.54, 1.807) is 0 Å². The number of amides is 2. The van der Waals surface area contributed by atoms with Crippen LogP contribution in [0.5, 0.6) is 0 Å². The van der Waals surface area contributed by atoms with Gasteiger partial charge in [0.2, 0.25) is 5.91 Å². The molecule has 1 fully saturated rings. The van der Waals surface area contributed by atoms with E-state index < -0.39 is 23.3 Å². The second-order valence-electron chi connectivity index (χ2n) is 4.82. The van der Waals surface area contributed by atoms with E-state index in [-0.39, 0.29) is 23.1 Å². The van der Waals surface area contributed by atoms with Crippen molar-refractivity contribution in [1.82, 2.24) is 10.2 Å². The average Bonchev–Trinajstić information content (AvgIpc) is 2.97. The van der Waals surface area contributed by atoms with Gasteiger partial charge in [-0.2, -0.15) is 11.3 Å². The quantitative estimate of drug-likeness (QED) is 0.790. The maximum atomic E-state index is 12.1. The Morgan fingerprint density at radius 3 is 2.91 bits per heavy atom. The van der Waals surface area contributed by atoms with Crippen molar-refractivity contribution < 1.29 is 19.5 Å². The summed E-state index contributed by atoms with van der Waals surface area (Å²) in [5.41, 5.74) is 0.704. The molecule has 0 unspecified atom stereocenters. The summed E-state index contributed by atoms with van der Waals surface area (Å²) in [6, 6.07) is 1.15. The number of carboxylic acid groups (broad SMARTS) is 1. The number of β-lactam (4-membered cyclic amide) rings is 1. The van der Waals surface area contributed by atoms with Gasteiger partial charge in [0.15, 0.2) is 0 Å². The number of nitrogens with one attached hydrogen (secondary N) is 1. The number of nitrogens with zero attached hydrogens (tertiary/aromatic N) is 1. The topological polar surface area (TPSA) is 86.7 Å². The largest absolute Gasteiger partial charge is 0.477 e. The zero-order valence-corrected chi connectivity index (χ0v) is 13.5. The lowest BCUT2D eigenvalue weighted by molar-refractivity contribution is -0.150. The smallest absolute Gasteiger partial charge is 0.353 e. The van der Waals surface area contributed by atoms with Crippen LogP contribution in [0.1, 0.15) is 5.56 Å². The minimum absolute atomic E-state index is 0.144. The van der Waals surface area contributed by atoms with Crippen LogP contribution < -0.4 is 5.32 Å². The van der Waals surface area contributed by atoms with E-state index in [0.29, 0.717) is 5.75 Å². The van der Waals surface area contributed by atoms with Crippen molar-refractivity contribution in [2.75, 3.05) is 5.75 Å². The molecule has 3 rings (SSSR count). The lowest BCUT2D eigenvalue weighted by Gasteiger charge is -2.48. The summed E-state index contributed by atoms with van der Waals surface area (Å²) in [5.74, 6) is -1.61. The number of hydrogen-bond acceptors (Lipinski definition) is 5. The molecule has 1 aromatic heterocycles. The predicted molar refractivity (Wildman–Crippen MR) is 83.6 cm³/mol. The molecule has 9 heteroatoms. The molecule has 0 spiro atoms. The number of carboxylic acids is 1. The van der Waals surface area contributed by atoms with Crippen molar-refractivity contribution in [2.24, 2.45) is 0 Å². The van der Waals surface area contributed by atoms with Crippen LogP contribution >= 0.6 is 34.7 Å². The molecule has 2 aliphatic heterocycles. The van der Waals surface area contributed by atoms with Crippen molar-refractivity contribution in [3.63, 3.8) is 0 Å². The van der Waals surface area contributed by atoms with Gasteiger partial charge in [0.05, 0.1) is 11.5 Å². The van der Waals surface area contributed by atoms with E-state index in [2.05, 4.69) is 5.32 Å². The van der Waals surface area contributed by atoms with Crippen LogP contribution in [0.15, 0.2) is 27.6 Å². The molecular formula is C13H11ClN2O4S2. The Labute approximate surface area is 139 Å². The molecule has 1 saturated heterocycles. The number of fused-ring (bicyclic) bond motifs is 1. The van der Waals surface area contributed by atoms with Crippen molar-refractivity contribution >= 4 is 52.5 Å². The highest BCUT2D eigenvalue weighted by Gasteiger charge is 2.54. The van der Waals surface area contributed by atoms with Crippen LogP contribution in [0, 0.1) is 0 Å². The van der Waals surface area contributed by atoms with Crippen LogP contribution in [-0.2, 0) is 20.8 Å². The summed E-state index contributed by atoms with van der Waals surface area (Å²) in [6.45, 7) is 0. The number of thioether (sulfide) groups is 1. The van der Waals surface area contributed by atoms with Crippen LogP contribution in [0.3, 0.4) is 0 Å². The highest BCUT2D eigenvalue weighted by Crippen LogP contribution is 2.41. The van der Waals surface area contributed by atoms with Crippen molar-refractivity contribution in [3.05, 3.63) is 33.1 Å². The first-order chi connectivity index (χ1) is 10.5. The molecule has 3 heterocycles. The van der Waals surface area contributed by atoms with E-state index in [1.807, 2.05) is 16.8 Å². The molecule has 2 amide bonds. The number of rotatable bonds is 4. The first-order valence-corrected chi connectivity index (χ1v) is 8.73. The van der Waals surface area contributed by atoms with Gasteiger partial charge in [-0.3, -0.25) is 14.5 Å². The van der Waals surface area contributed by atoms with E-state index in [1.165, 1.54) is 23.1 Å². The minimum atomic E-state index is -1.23. The Kier molecular flexibility index (Phi) is 4.16. The third kappa shape index (κ3) is 2.62. The van der Waals surface area contributed by atoms with Crippen molar-refractivity contribution in [3.8, 4) is 0 Å². The fraction of sp³-hybridized carbons (Fsp3) is 0.308. The van der Waals surface area contributed by atoms with Gasteiger partial charge in [-0.15, -0.1) is 11.8 Å². The molecule has 2 N–H and O–H groups in total. The molecular weight excluding hydrogens is 348 g/mol. The Balaban J connectivity index is 1.68. The number of aliphatic carboxylic acids is 1. The van der Waals surface area contributed by atoms with Gasteiger partial charge in [-0.05, 0) is 22.4 Å². The zero-order chi connectivity index (χ0) is 15.9. The molecule has 0 saturated carbocycles. The summed E-state index contributed by atoms with van der Waals surface area (Å²) in [6.07, 6.45) is 0.201. The standard InChI is InChI=1S/C13H11ClN2O4S2/c14-7-5-22-12-9(11(18)16(12)10(7)13(19)20)15-8(17)3-6-1-2-21-4-6/h1-2,4,9,12H,3,5H2,(H,15,17)(H,19,20)/t9-,12-/m1/s1. The fourth-order valence-electron chi connectivity index (χ4n) is 2.39.